The maximum Gasteiger partial charge on any atom is 0.226 e. The van der Waals surface area contributed by atoms with Crippen LogP contribution in [0.15, 0.2) is 5.16 Å². The molecule has 0 bridgehead atoms. The lowest BCUT2D eigenvalue weighted by molar-refractivity contribution is -0.135. The average molecular weight is 275 g/mol. The highest BCUT2D eigenvalue weighted by Gasteiger charge is 2.27. The minimum atomic E-state index is 0.110. The summed E-state index contributed by atoms with van der Waals surface area (Å²) < 4.78 is 5.01. The van der Waals surface area contributed by atoms with Gasteiger partial charge in [-0.2, -0.15) is 11.8 Å². The lowest BCUT2D eigenvalue weighted by atomic mass is 10.1. The van der Waals surface area contributed by atoms with Gasteiger partial charge in [-0.25, -0.2) is 0 Å². The predicted molar refractivity (Wildman–Crippen MR) is 71.9 cm³/mol. The van der Waals surface area contributed by atoms with Crippen molar-refractivity contribution in [1.29, 1.82) is 0 Å². The van der Waals surface area contributed by atoms with Gasteiger partial charge in [-0.3, -0.25) is 4.79 Å². The van der Waals surface area contributed by atoms with E-state index in [0.717, 1.165) is 17.9 Å². The van der Waals surface area contributed by atoms with Crippen molar-refractivity contribution >= 4 is 23.5 Å². The molecule has 0 aromatic rings. The standard InChI is InChI=1S/C11H21N3O3S/c1-17-6-5-14(4-2-10(12)13-16)11(15)9-3-7-18-8-9/h9,16H,2-8H2,1H3,(H2,12,13). The second-order valence-electron chi connectivity index (χ2n) is 4.22. The molecule has 1 saturated heterocycles. The molecule has 0 aliphatic carbocycles. The Kier molecular flexibility index (Phi) is 6.89. The van der Waals surface area contributed by atoms with Crippen molar-refractivity contribution in [3.63, 3.8) is 0 Å². The highest BCUT2D eigenvalue weighted by molar-refractivity contribution is 7.99. The van der Waals surface area contributed by atoms with Gasteiger partial charge in [0.05, 0.1) is 6.61 Å². The van der Waals surface area contributed by atoms with Crippen molar-refractivity contribution in [2.45, 2.75) is 12.8 Å². The zero-order valence-corrected chi connectivity index (χ0v) is 11.5. The molecule has 0 saturated carbocycles. The zero-order chi connectivity index (χ0) is 13.4. The molecular weight excluding hydrogens is 254 g/mol. The minimum absolute atomic E-state index is 0.110. The molecule has 0 aromatic heterocycles. The van der Waals surface area contributed by atoms with E-state index in [1.165, 1.54) is 0 Å². The Balaban J connectivity index is 2.50. The van der Waals surface area contributed by atoms with E-state index in [4.69, 9.17) is 15.7 Å². The summed E-state index contributed by atoms with van der Waals surface area (Å²) in [6.45, 7) is 1.52. The van der Waals surface area contributed by atoms with Crippen molar-refractivity contribution in [1.82, 2.24) is 4.90 Å². The summed E-state index contributed by atoms with van der Waals surface area (Å²) in [5.74, 6) is 2.36. The van der Waals surface area contributed by atoms with Crippen LogP contribution in [0, 0.1) is 5.92 Å². The molecule has 1 aliphatic rings. The molecular formula is C11H21N3O3S. The third kappa shape index (κ3) is 4.73. The van der Waals surface area contributed by atoms with E-state index >= 15 is 0 Å². The van der Waals surface area contributed by atoms with Gasteiger partial charge in [-0.05, 0) is 12.2 Å². The molecule has 104 valence electrons. The summed E-state index contributed by atoms with van der Waals surface area (Å²) in [5.41, 5.74) is 5.43. The van der Waals surface area contributed by atoms with Crippen LogP contribution in [0.25, 0.3) is 0 Å². The van der Waals surface area contributed by atoms with Gasteiger partial charge in [0.15, 0.2) is 0 Å². The summed E-state index contributed by atoms with van der Waals surface area (Å²) in [6.07, 6.45) is 1.32. The highest BCUT2D eigenvalue weighted by atomic mass is 32.2. The average Bonchev–Trinajstić information content (AvgIpc) is 2.91. The molecule has 1 heterocycles. The first-order valence-corrected chi connectivity index (χ1v) is 7.16. The summed E-state index contributed by atoms with van der Waals surface area (Å²) in [7, 11) is 1.61. The number of thioether (sulfide) groups is 1. The van der Waals surface area contributed by atoms with Gasteiger partial charge in [0.1, 0.15) is 5.84 Å². The van der Waals surface area contributed by atoms with Crippen LogP contribution in [0.2, 0.25) is 0 Å². The fourth-order valence-corrected chi connectivity index (χ4v) is 3.03. The Bertz CT molecular complexity index is 293. The fourth-order valence-electron chi connectivity index (χ4n) is 1.82. The molecule has 1 rings (SSSR count). The number of nitrogens with two attached hydrogens (primary N) is 1. The van der Waals surface area contributed by atoms with Crippen molar-refractivity contribution in [3.8, 4) is 0 Å². The molecule has 0 spiro atoms. The van der Waals surface area contributed by atoms with Crippen LogP contribution in [0.4, 0.5) is 0 Å². The third-order valence-electron chi connectivity index (χ3n) is 2.92. The number of amidine groups is 1. The number of amides is 1. The summed E-state index contributed by atoms with van der Waals surface area (Å²) >= 11 is 1.81. The molecule has 3 N–H and O–H groups in total. The van der Waals surface area contributed by atoms with Gasteiger partial charge in [-0.15, -0.1) is 0 Å². The third-order valence-corrected chi connectivity index (χ3v) is 4.08. The van der Waals surface area contributed by atoms with Crippen molar-refractivity contribution < 1.29 is 14.7 Å². The number of oxime groups is 1. The molecule has 7 heteroatoms. The number of carbonyl (C=O) groups excluding carboxylic acids is 1. The van der Waals surface area contributed by atoms with Gasteiger partial charge in [-0.1, -0.05) is 5.16 Å². The minimum Gasteiger partial charge on any atom is -0.409 e. The first kappa shape index (κ1) is 15.1. The Hall–Kier alpha value is -0.950. The molecule has 1 aliphatic heterocycles. The Morgan fingerprint density at radius 2 is 2.39 bits per heavy atom. The Morgan fingerprint density at radius 3 is 2.94 bits per heavy atom. The van der Waals surface area contributed by atoms with Crippen LogP contribution in [-0.4, -0.2) is 60.2 Å². The molecule has 6 nitrogen and oxygen atoms in total. The van der Waals surface area contributed by atoms with Crippen LogP contribution < -0.4 is 5.73 Å². The van der Waals surface area contributed by atoms with E-state index in [1.54, 1.807) is 12.0 Å². The Labute approximate surface area is 112 Å². The molecule has 1 amide bonds. The monoisotopic (exact) mass is 275 g/mol. The lowest BCUT2D eigenvalue weighted by Gasteiger charge is -2.25. The number of hydrogen-bond acceptors (Lipinski definition) is 5. The summed E-state index contributed by atoms with van der Waals surface area (Å²) in [4.78, 5) is 14.0. The van der Waals surface area contributed by atoms with Gasteiger partial charge in [0, 0.05) is 38.3 Å². The number of hydrogen-bond donors (Lipinski definition) is 2. The van der Waals surface area contributed by atoms with E-state index < -0.39 is 0 Å². The number of methoxy groups -OCH3 is 1. The number of nitrogens with zero attached hydrogens (tertiary/aromatic N) is 2. The lowest BCUT2D eigenvalue weighted by Crippen LogP contribution is -2.40. The van der Waals surface area contributed by atoms with Crippen LogP contribution in [0.5, 0.6) is 0 Å². The molecule has 1 fully saturated rings. The fraction of sp³-hybridized carbons (Fsp3) is 0.818. The molecule has 1 atom stereocenters. The molecule has 0 aromatic carbocycles. The van der Waals surface area contributed by atoms with E-state index in [9.17, 15) is 4.79 Å². The number of carbonyl (C=O) groups is 1. The van der Waals surface area contributed by atoms with E-state index in [-0.39, 0.29) is 17.7 Å². The zero-order valence-electron chi connectivity index (χ0n) is 10.7. The second kappa shape index (κ2) is 8.20. The topological polar surface area (TPSA) is 88.2 Å². The smallest absolute Gasteiger partial charge is 0.226 e. The SMILES string of the molecule is COCCN(CCC(N)=NO)C(=O)C1CCSC1. The quantitative estimate of drug-likeness (QED) is 0.303. The van der Waals surface area contributed by atoms with Crippen molar-refractivity contribution in [3.05, 3.63) is 0 Å². The van der Waals surface area contributed by atoms with E-state index in [0.29, 0.717) is 26.1 Å². The van der Waals surface area contributed by atoms with E-state index in [2.05, 4.69) is 5.16 Å². The van der Waals surface area contributed by atoms with Crippen LogP contribution in [-0.2, 0) is 9.53 Å². The first-order valence-electron chi connectivity index (χ1n) is 6.01. The number of ether oxygens (including phenoxy) is 1. The van der Waals surface area contributed by atoms with Gasteiger partial charge < -0.3 is 20.6 Å². The molecule has 1 unspecified atom stereocenters. The van der Waals surface area contributed by atoms with Crippen LogP contribution in [0.3, 0.4) is 0 Å². The normalized spacial score (nSPS) is 20.1. The van der Waals surface area contributed by atoms with Gasteiger partial charge in [0.25, 0.3) is 0 Å². The first-order chi connectivity index (χ1) is 8.69. The molecule has 0 radical (unpaired) electrons. The van der Waals surface area contributed by atoms with Crippen molar-refractivity contribution in [2.24, 2.45) is 16.8 Å². The highest BCUT2D eigenvalue weighted by Crippen LogP contribution is 2.25. The van der Waals surface area contributed by atoms with Gasteiger partial charge in [0.2, 0.25) is 5.91 Å². The van der Waals surface area contributed by atoms with Crippen LogP contribution >= 0.6 is 11.8 Å². The summed E-state index contributed by atoms with van der Waals surface area (Å²) in [6, 6.07) is 0. The van der Waals surface area contributed by atoms with Crippen molar-refractivity contribution in [2.75, 3.05) is 38.3 Å². The van der Waals surface area contributed by atoms with Crippen LogP contribution in [0.1, 0.15) is 12.8 Å². The largest absolute Gasteiger partial charge is 0.409 e. The van der Waals surface area contributed by atoms with Gasteiger partial charge >= 0.3 is 0 Å². The number of rotatable bonds is 7. The second-order valence-corrected chi connectivity index (χ2v) is 5.37. The van der Waals surface area contributed by atoms with E-state index in [1.807, 2.05) is 11.8 Å². The summed E-state index contributed by atoms with van der Waals surface area (Å²) in [5, 5.41) is 11.4. The predicted octanol–water partition coefficient (Wildman–Crippen LogP) is 0.351. The Morgan fingerprint density at radius 1 is 1.61 bits per heavy atom. The maximum atomic E-state index is 12.3. The maximum absolute atomic E-state index is 12.3. The molecule has 18 heavy (non-hydrogen) atoms.